The van der Waals surface area contributed by atoms with E-state index < -0.39 is 0 Å². The summed E-state index contributed by atoms with van der Waals surface area (Å²) in [6.45, 7) is 5.60. The van der Waals surface area contributed by atoms with Gasteiger partial charge in [0.05, 0.1) is 0 Å². The monoisotopic (exact) mass is 202 g/mol. The van der Waals surface area contributed by atoms with Crippen LogP contribution in [0.3, 0.4) is 0 Å². The highest BCUT2D eigenvalue weighted by Crippen LogP contribution is 2.08. The molecule has 78 valence electrons. The topological polar surface area (TPSA) is 0 Å². The van der Waals surface area contributed by atoms with E-state index in [1.165, 1.54) is 6.07 Å². The smallest absolute Gasteiger partial charge is 0.126 e. The Kier molecular flexibility index (Phi) is 4.55. The largest absolute Gasteiger partial charge is 0.207 e. The molecule has 1 aromatic carbocycles. The number of halogens is 1. The van der Waals surface area contributed by atoms with Crippen molar-refractivity contribution in [2.24, 2.45) is 0 Å². The summed E-state index contributed by atoms with van der Waals surface area (Å²) in [7, 11) is 0. The number of allylic oxidation sites excluding steroid dienone is 5. The minimum absolute atomic E-state index is 0.146. The minimum atomic E-state index is -0.146. The summed E-state index contributed by atoms with van der Waals surface area (Å²) < 4.78 is 13.2. The molecule has 0 atom stereocenters. The molecule has 0 unspecified atom stereocenters. The summed E-state index contributed by atoms with van der Waals surface area (Å²) in [5.74, 6) is -0.146. The molecular weight excluding hydrogens is 187 g/mol. The van der Waals surface area contributed by atoms with Crippen LogP contribution >= 0.6 is 0 Å². The summed E-state index contributed by atoms with van der Waals surface area (Å²) >= 11 is 0. The molecule has 0 bridgehead atoms. The number of benzene rings is 1. The first-order valence-corrected chi connectivity index (χ1v) is 4.93. The highest BCUT2D eigenvalue weighted by atomic mass is 19.1. The summed E-state index contributed by atoms with van der Waals surface area (Å²) in [4.78, 5) is 0. The van der Waals surface area contributed by atoms with Gasteiger partial charge in [-0.3, -0.25) is 0 Å². The van der Waals surface area contributed by atoms with Gasteiger partial charge in [0.15, 0.2) is 0 Å². The zero-order valence-electron chi connectivity index (χ0n) is 8.91. The SMILES string of the molecule is C=C/C=C(C)\C=C/Cc1ccccc1F. The molecule has 0 spiro atoms. The molecule has 1 heteroatoms. The van der Waals surface area contributed by atoms with Gasteiger partial charge in [0.2, 0.25) is 0 Å². The number of rotatable bonds is 4. The van der Waals surface area contributed by atoms with Crippen molar-refractivity contribution in [3.63, 3.8) is 0 Å². The predicted octanol–water partition coefficient (Wildman–Crippen LogP) is 4.06. The van der Waals surface area contributed by atoms with E-state index in [-0.39, 0.29) is 5.82 Å². The molecule has 0 saturated heterocycles. The second-order valence-corrected chi connectivity index (χ2v) is 3.34. The van der Waals surface area contributed by atoms with Gasteiger partial charge in [-0.1, -0.05) is 54.7 Å². The molecule has 1 aromatic rings. The lowest BCUT2D eigenvalue weighted by Gasteiger charge is -1.97. The molecular formula is C14H15F. The highest BCUT2D eigenvalue weighted by Gasteiger charge is 1.96. The first-order valence-electron chi connectivity index (χ1n) is 4.93. The van der Waals surface area contributed by atoms with Crippen LogP contribution in [0.4, 0.5) is 4.39 Å². The van der Waals surface area contributed by atoms with Gasteiger partial charge in [0.25, 0.3) is 0 Å². The van der Waals surface area contributed by atoms with Gasteiger partial charge >= 0.3 is 0 Å². The number of hydrogen-bond donors (Lipinski definition) is 0. The molecule has 15 heavy (non-hydrogen) atoms. The van der Waals surface area contributed by atoms with Crippen LogP contribution in [0.1, 0.15) is 12.5 Å². The molecule has 0 heterocycles. The van der Waals surface area contributed by atoms with Crippen LogP contribution in [0.2, 0.25) is 0 Å². The third kappa shape index (κ3) is 3.94. The predicted molar refractivity (Wildman–Crippen MR) is 63.2 cm³/mol. The molecule has 0 aliphatic carbocycles. The van der Waals surface area contributed by atoms with Crippen LogP contribution in [0, 0.1) is 5.82 Å². The third-order valence-electron chi connectivity index (χ3n) is 2.06. The highest BCUT2D eigenvalue weighted by molar-refractivity contribution is 5.24. The minimum Gasteiger partial charge on any atom is -0.207 e. The van der Waals surface area contributed by atoms with Crippen molar-refractivity contribution in [1.82, 2.24) is 0 Å². The fraction of sp³-hybridized carbons (Fsp3) is 0.143. The van der Waals surface area contributed by atoms with E-state index >= 15 is 0 Å². The molecule has 1 rings (SSSR count). The Balaban J connectivity index is 2.61. The maximum atomic E-state index is 13.2. The van der Waals surface area contributed by atoms with Crippen LogP contribution < -0.4 is 0 Å². The number of hydrogen-bond acceptors (Lipinski definition) is 0. The van der Waals surface area contributed by atoms with Crippen molar-refractivity contribution in [2.45, 2.75) is 13.3 Å². The van der Waals surface area contributed by atoms with Crippen molar-refractivity contribution in [3.05, 3.63) is 72.1 Å². The van der Waals surface area contributed by atoms with E-state index in [0.29, 0.717) is 6.42 Å². The molecule has 0 amide bonds. The average molecular weight is 202 g/mol. The normalized spacial score (nSPS) is 12.0. The molecule has 0 fully saturated rings. The van der Waals surface area contributed by atoms with Gasteiger partial charge in [-0.15, -0.1) is 0 Å². The second kappa shape index (κ2) is 5.97. The fourth-order valence-electron chi connectivity index (χ4n) is 1.28. The maximum absolute atomic E-state index is 13.2. The zero-order chi connectivity index (χ0) is 11.1. The van der Waals surface area contributed by atoms with E-state index in [9.17, 15) is 4.39 Å². The summed E-state index contributed by atoms with van der Waals surface area (Å²) in [5, 5.41) is 0. The maximum Gasteiger partial charge on any atom is 0.126 e. The van der Waals surface area contributed by atoms with Crippen LogP contribution in [0.5, 0.6) is 0 Å². The Morgan fingerprint density at radius 1 is 1.40 bits per heavy atom. The zero-order valence-corrected chi connectivity index (χ0v) is 8.91. The Hall–Kier alpha value is -1.63. The Morgan fingerprint density at radius 3 is 2.80 bits per heavy atom. The fourth-order valence-corrected chi connectivity index (χ4v) is 1.28. The molecule has 0 aliphatic heterocycles. The summed E-state index contributed by atoms with van der Waals surface area (Å²) in [6, 6.07) is 6.83. The van der Waals surface area contributed by atoms with Crippen LogP contribution in [-0.2, 0) is 6.42 Å². The van der Waals surface area contributed by atoms with Gasteiger partial charge in [-0.2, -0.15) is 0 Å². The van der Waals surface area contributed by atoms with Gasteiger partial charge in [-0.25, -0.2) is 4.39 Å². The lowest BCUT2D eigenvalue weighted by molar-refractivity contribution is 0.615. The Morgan fingerprint density at radius 2 is 2.13 bits per heavy atom. The van der Waals surface area contributed by atoms with Crippen molar-refractivity contribution in [3.8, 4) is 0 Å². The summed E-state index contributed by atoms with van der Waals surface area (Å²) in [6.07, 6.45) is 8.19. The lowest BCUT2D eigenvalue weighted by atomic mass is 10.1. The Bertz CT molecular complexity index is 386. The average Bonchev–Trinajstić information content (AvgIpc) is 2.21. The van der Waals surface area contributed by atoms with Crippen molar-refractivity contribution in [2.75, 3.05) is 0 Å². The second-order valence-electron chi connectivity index (χ2n) is 3.34. The first kappa shape index (κ1) is 11.4. The van der Waals surface area contributed by atoms with Crippen molar-refractivity contribution >= 4 is 0 Å². The van der Waals surface area contributed by atoms with E-state index in [4.69, 9.17) is 0 Å². The van der Waals surface area contributed by atoms with E-state index in [2.05, 4.69) is 6.58 Å². The van der Waals surface area contributed by atoms with Crippen LogP contribution in [0.15, 0.2) is 60.7 Å². The molecule has 0 N–H and O–H groups in total. The van der Waals surface area contributed by atoms with Gasteiger partial charge in [0, 0.05) is 0 Å². The van der Waals surface area contributed by atoms with Gasteiger partial charge in [-0.05, 0) is 25.0 Å². The molecule has 0 saturated carbocycles. The van der Waals surface area contributed by atoms with E-state index in [1.807, 2.05) is 31.2 Å². The Labute approximate surface area is 90.4 Å². The van der Waals surface area contributed by atoms with Gasteiger partial charge < -0.3 is 0 Å². The summed E-state index contributed by atoms with van der Waals surface area (Å²) in [5.41, 5.74) is 1.83. The quantitative estimate of drug-likeness (QED) is 0.646. The van der Waals surface area contributed by atoms with E-state index in [1.54, 1.807) is 18.2 Å². The van der Waals surface area contributed by atoms with Crippen molar-refractivity contribution in [1.29, 1.82) is 0 Å². The molecule has 0 aliphatic rings. The molecule has 0 nitrogen and oxygen atoms in total. The molecule has 0 aromatic heterocycles. The van der Waals surface area contributed by atoms with Crippen LogP contribution in [0.25, 0.3) is 0 Å². The van der Waals surface area contributed by atoms with Crippen molar-refractivity contribution < 1.29 is 4.39 Å². The molecule has 0 radical (unpaired) electrons. The van der Waals surface area contributed by atoms with Crippen LogP contribution in [-0.4, -0.2) is 0 Å². The van der Waals surface area contributed by atoms with E-state index in [0.717, 1.165) is 11.1 Å². The first-order chi connectivity index (χ1) is 7.24. The standard InChI is InChI=1S/C14H15F/c1-3-7-12(2)8-6-10-13-9-4-5-11-14(13)15/h3-9,11H,1,10H2,2H3/b8-6-,12-7-. The van der Waals surface area contributed by atoms with Gasteiger partial charge in [0.1, 0.15) is 5.82 Å². The lowest BCUT2D eigenvalue weighted by Crippen LogP contribution is -1.86. The third-order valence-corrected chi connectivity index (χ3v) is 2.06.